The second kappa shape index (κ2) is 13.2. The van der Waals surface area contributed by atoms with E-state index in [9.17, 15) is 4.79 Å². The first-order chi connectivity index (χ1) is 9.61. The van der Waals surface area contributed by atoms with Gasteiger partial charge >= 0.3 is 5.97 Å². The fourth-order valence-electron chi connectivity index (χ4n) is 2.60. The summed E-state index contributed by atoms with van der Waals surface area (Å²) in [5.74, 6) is -0.168. The molecule has 0 aromatic heterocycles. The molecule has 1 N–H and O–H groups in total. The molecule has 0 bridgehead atoms. The lowest BCUT2D eigenvalue weighted by Gasteiger charge is -2.14. The van der Waals surface area contributed by atoms with E-state index in [1.54, 1.807) is 0 Å². The van der Waals surface area contributed by atoms with Crippen LogP contribution in [0, 0.1) is 5.92 Å². The Bertz CT molecular complexity index is 258. The first kappa shape index (κ1) is 19.2. The van der Waals surface area contributed by atoms with Crippen LogP contribution in [0.15, 0.2) is 12.2 Å². The molecule has 0 aliphatic carbocycles. The van der Waals surface area contributed by atoms with Gasteiger partial charge in [0.15, 0.2) is 0 Å². The average molecular weight is 282 g/mol. The Morgan fingerprint density at radius 2 is 1.50 bits per heavy atom. The fourth-order valence-corrected chi connectivity index (χ4v) is 2.60. The SMILES string of the molecule is C=C(CCC(CC)CCCCCCCCCC)C(=O)O. The summed E-state index contributed by atoms with van der Waals surface area (Å²) in [6, 6.07) is 0. The molecule has 0 saturated heterocycles. The van der Waals surface area contributed by atoms with Gasteiger partial charge in [-0.2, -0.15) is 0 Å². The largest absolute Gasteiger partial charge is 0.478 e. The second-order valence-electron chi connectivity index (χ2n) is 5.99. The summed E-state index contributed by atoms with van der Waals surface area (Å²) in [5, 5.41) is 8.80. The van der Waals surface area contributed by atoms with Crippen LogP contribution in [-0.2, 0) is 4.79 Å². The van der Waals surface area contributed by atoms with Gasteiger partial charge in [-0.3, -0.25) is 0 Å². The van der Waals surface area contributed by atoms with Gasteiger partial charge in [0.05, 0.1) is 0 Å². The van der Waals surface area contributed by atoms with Gasteiger partial charge < -0.3 is 5.11 Å². The lowest BCUT2D eigenvalue weighted by Crippen LogP contribution is -2.04. The normalized spacial score (nSPS) is 12.3. The molecule has 118 valence electrons. The van der Waals surface area contributed by atoms with Gasteiger partial charge in [-0.1, -0.05) is 84.6 Å². The minimum absolute atomic E-state index is 0.361. The number of rotatable bonds is 14. The van der Waals surface area contributed by atoms with Gasteiger partial charge in [0.1, 0.15) is 0 Å². The molecular formula is C18H34O2. The summed E-state index contributed by atoms with van der Waals surface area (Å²) in [7, 11) is 0. The Hall–Kier alpha value is -0.790. The summed E-state index contributed by atoms with van der Waals surface area (Å²) in [6.45, 7) is 8.07. The highest BCUT2D eigenvalue weighted by molar-refractivity contribution is 5.85. The minimum Gasteiger partial charge on any atom is -0.478 e. The molecule has 0 aliphatic heterocycles. The molecule has 20 heavy (non-hydrogen) atoms. The summed E-state index contributed by atoms with van der Waals surface area (Å²) < 4.78 is 0. The molecule has 1 atom stereocenters. The third kappa shape index (κ3) is 11.1. The fraction of sp³-hybridized carbons (Fsp3) is 0.833. The Morgan fingerprint density at radius 1 is 0.950 bits per heavy atom. The van der Waals surface area contributed by atoms with Gasteiger partial charge in [-0.15, -0.1) is 0 Å². The molecular weight excluding hydrogens is 248 g/mol. The number of aliphatic carboxylic acids is 1. The Labute approximate surface area is 125 Å². The molecule has 2 heteroatoms. The van der Waals surface area contributed by atoms with E-state index in [0.29, 0.717) is 17.9 Å². The minimum atomic E-state index is -0.841. The summed E-state index contributed by atoms with van der Waals surface area (Å²) in [6.07, 6.45) is 14.9. The zero-order valence-electron chi connectivity index (χ0n) is 13.6. The molecule has 0 aromatic rings. The molecule has 0 radical (unpaired) electrons. The maximum absolute atomic E-state index is 10.7. The Kier molecular flexibility index (Phi) is 12.7. The number of carboxylic acids is 1. The van der Waals surface area contributed by atoms with Crippen molar-refractivity contribution in [3.63, 3.8) is 0 Å². The summed E-state index contributed by atoms with van der Waals surface area (Å²) in [4.78, 5) is 10.7. The molecule has 0 heterocycles. The van der Waals surface area contributed by atoms with Crippen molar-refractivity contribution in [2.75, 3.05) is 0 Å². The van der Waals surface area contributed by atoms with Crippen molar-refractivity contribution in [3.05, 3.63) is 12.2 Å². The van der Waals surface area contributed by atoms with E-state index < -0.39 is 5.97 Å². The van der Waals surface area contributed by atoms with Crippen molar-refractivity contribution in [2.24, 2.45) is 5.92 Å². The molecule has 0 fully saturated rings. The number of carboxylic acid groups (broad SMARTS) is 1. The highest BCUT2D eigenvalue weighted by atomic mass is 16.4. The van der Waals surface area contributed by atoms with Crippen LogP contribution in [0.1, 0.15) is 90.9 Å². The molecule has 0 amide bonds. The number of carbonyl (C=O) groups is 1. The number of hydrogen-bond donors (Lipinski definition) is 1. The van der Waals surface area contributed by atoms with Crippen LogP contribution in [0.3, 0.4) is 0 Å². The van der Waals surface area contributed by atoms with E-state index in [2.05, 4.69) is 20.4 Å². The summed E-state index contributed by atoms with van der Waals surface area (Å²) in [5.41, 5.74) is 0.361. The van der Waals surface area contributed by atoms with Crippen molar-refractivity contribution in [1.82, 2.24) is 0 Å². The van der Waals surface area contributed by atoms with E-state index in [1.807, 2.05) is 0 Å². The molecule has 2 nitrogen and oxygen atoms in total. The van der Waals surface area contributed by atoms with Crippen molar-refractivity contribution in [1.29, 1.82) is 0 Å². The van der Waals surface area contributed by atoms with E-state index in [-0.39, 0.29) is 0 Å². The lowest BCUT2D eigenvalue weighted by atomic mass is 9.92. The topological polar surface area (TPSA) is 37.3 Å². The molecule has 0 spiro atoms. The van der Waals surface area contributed by atoms with Crippen LogP contribution in [-0.4, -0.2) is 11.1 Å². The maximum atomic E-state index is 10.7. The molecule has 0 aliphatic rings. The maximum Gasteiger partial charge on any atom is 0.330 e. The molecule has 0 aromatic carbocycles. The van der Waals surface area contributed by atoms with Gasteiger partial charge in [-0.25, -0.2) is 4.79 Å². The van der Waals surface area contributed by atoms with E-state index >= 15 is 0 Å². The molecule has 0 saturated carbocycles. The van der Waals surface area contributed by atoms with Crippen molar-refractivity contribution in [2.45, 2.75) is 90.9 Å². The Morgan fingerprint density at radius 3 is 2.00 bits per heavy atom. The Balaban J connectivity index is 3.50. The van der Waals surface area contributed by atoms with Crippen molar-refractivity contribution in [3.8, 4) is 0 Å². The van der Waals surface area contributed by atoms with E-state index in [1.165, 1.54) is 57.8 Å². The standard InChI is InChI=1S/C18H34O2/c1-4-6-7-8-9-10-11-12-13-17(5-2)15-14-16(3)18(19)20/h17H,3-15H2,1-2H3,(H,19,20). The van der Waals surface area contributed by atoms with Crippen LogP contribution in [0.5, 0.6) is 0 Å². The monoisotopic (exact) mass is 282 g/mol. The van der Waals surface area contributed by atoms with Gasteiger partial charge in [-0.05, 0) is 18.8 Å². The number of hydrogen-bond acceptors (Lipinski definition) is 1. The van der Waals surface area contributed by atoms with E-state index in [0.717, 1.165) is 12.8 Å². The van der Waals surface area contributed by atoms with Gasteiger partial charge in [0.2, 0.25) is 0 Å². The zero-order chi connectivity index (χ0) is 15.2. The summed E-state index contributed by atoms with van der Waals surface area (Å²) >= 11 is 0. The van der Waals surface area contributed by atoms with Crippen molar-refractivity contribution < 1.29 is 9.90 Å². The van der Waals surface area contributed by atoms with Crippen LogP contribution >= 0.6 is 0 Å². The highest BCUT2D eigenvalue weighted by Gasteiger charge is 2.10. The van der Waals surface area contributed by atoms with Crippen LogP contribution < -0.4 is 0 Å². The lowest BCUT2D eigenvalue weighted by molar-refractivity contribution is -0.132. The van der Waals surface area contributed by atoms with Gasteiger partial charge in [0.25, 0.3) is 0 Å². The quantitative estimate of drug-likeness (QED) is 0.315. The van der Waals surface area contributed by atoms with Gasteiger partial charge in [0, 0.05) is 5.57 Å². The third-order valence-electron chi connectivity index (χ3n) is 4.20. The van der Waals surface area contributed by atoms with E-state index in [4.69, 9.17) is 5.11 Å². The van der Waals surface area contributed by atoms with Crippen molar-refractivity contribution >= 4 is 5.97 Å². The zero-order valence-corrected chi connectivity index (χ0v) is 13.6. The first-order valence-corrected chi connectivity index (χ1v) is 8.52. The predicted molar refractivity (Wildman–Crippen MR) is 87.0 cm³/mol. The van der Waals surface area contributed by atoms with Crippen LogP contribution in [0.25, 0.3) is 0 Å². The number of unbranched alkanes of at least 4 members (excludes halogenated alkanes) is 7. The van der Waals surface area contributed by atoms with Crippen LogP contribution in [0.2, 0.25) is 0 Å². The average Bonchev–Trinajstić information content (AvgIpc) is 2.44. The molecule has 0 rings (SSSR count). The molecule has 1 unspecified atom stereocenters. The highest BCUT2D eigenvalue weighted by Crippen LogP contribution is 2.21. The second-order valence-corrected chi connectivity index (χ2v) is 5.99. The third-order valence-corrected chi connectivity index (χ3v) is 4.20. The first-order valence-electron chi connectivity index (χ1n) is 8.52. The van der Waals surface area contributed by atoms with Crippen LogP contribution in [0.4, 0.5) is 0 Å². The predicted octanol–water partition coefficient (Wildman–Crippen LogP) is 5.96. The smallest absolute Gasteiger partial charge is 0.330 e.